The predicted octanol–water partition coefficient (Wildman–Crippen LogP) is 2.94. The lowest BCUT2D eigenvalue weighted by Crippen LogP contribution is -2.38. The molecule has 1 aromatic carbocycles. The summed E-state index contributed by atoms with van der Waals surface area (Å²) in [6, 6.07) is 16.6. The van der Waals surface area contributed by atoms with Gasteiger partial charge in [-0.1, -0.05) is 105 Å². The molecule has 610 valence electrons. The molecule has 5 N–H and O–H groups in total. The Hall–Kier alpha value is -9.06. The number of urea groups is 1. The number of thioether (sulfide) groups is 1. The highest BCUT2D eigenvalue weighted by molar-refractivity contribution is 8.00. The maximum Gasteiger partial charge on any atom is 0.315 e. The maximum atomic E-state index is 14.9. The highest BCUT2D eigenvalue weighted by Crippen LogP contribution is 2.48. The van der Waals surface area contributed by atoms with Gasteiger partial charge >= 0.3 is 6.03 Å². The number of nitrogens with one attached hydrogen (secondary N) is 4. The molecular weight excluding hydrogens is 1490 g/mol. The van der Waals surface area contributed by atoms with Crippen LogP contribution >= 0.6 is 11.8 Å². The molecule has 114 heavy (non-hydrogen) atoms. The summed E-state index contributed by atoms with van der Waals surface area (Å²) in [5.41, 5.74) is 3.46. The first-order valence-corrected chi connectivity index (χ1v) is 40.6. The van der Waals surface area contributed by atoms with Gasteiger partial charge in [0, 0.05) is 55.0 Å². The summed E-state index contributed by atoms with van der Waals surface area (Å²) >= 11 is 1.85. The van der Waals surface area contributed by atoms with E-state index >= 15 is 0 Å². The second-order valence-electron chi connectivity index (χ2n) is 29.7. The Labute approximate surface area is 665 Å². The number of fused-ring (bicyclic) bond motifs is 5. The molecule has 0 saturated carbocycles. The Bertz CT molecular complexity index is 4150. The fourth-order valence-corrected chi connectivity index (χ4v) is 18.4. The minimum atomic E-state index is -1.15. The van der Waals surface area contributed by atoms with Crippen LogP contribution in [-0.2, 0) is 85.8 Å². The van der Waals surface area contributed by atoms with Crippen LogP contribution in [0.1, 0.15) is 66.9 Å². The third kappa shape index (κ3) is 18.7. The summed E-state index contributed by atoms with van der Waals surface area (Å²) in [5, 5.41) is 21.4. The monoisotopic (exact) mass is 1590 g/mol. The lowest BCUT2D eigenvalue weighted by Gasteiger charge is -2.21. The van der Waals surface area contributed by atoms with Gasteiger partial charge in [-0.3, -0.25) is 77.5 Å². The van der Waals surface area contributed by atoms with E-state index < -0.39 is 132 Å². The number of aryl methyl sites for hydroxylation is 1. The molecule has 0 bridgehead atoms. The summed E-state index contributed by atoms with van der Waals surface area (Å²) < 4.78 is 54.8. The summed E-state index contributed by atoms with van der Waals surface area (Å²) in [6.07, 6.45) is 13.9. The highest BCUT2D eigenvalue weighted by Gasteiger charge is 2.63. The fourth-order valence-electron chi connectivity index (χ4n) is 16.9. The van der Waals surface area contributed by atoms with Crippen molar-refractivity contribution in [2.24, 2.45) is 47.3 Å². The molecule has 2 aromatic heterocycles. The maximum absolute atomic E-state index is 14.9. The van der Waals surface area contributed by atoms with Crippen LogP contribution < -0.4 is 21.3 Å². The van der Waals surface area contributed by atoms with Gasteiger partial charge in [-0.15, -0.1) is 6.58 Å². The van der Waals surface area contributed by atoms with E-state index in [1.54, 1.807) is 67.1 Å². The summed E-state index contributed by atoms with van der Waals surface area (Å²) in [7, 11) is 0. The molecule has 19 unspecified atom stereocenters. The van der Waals surface area contributed by atoms with Crippen LogP contribution in [0.4, 0.5) is 4.79 Å². The van der Waals surface area contributed by atoms with Crippen molar-refractivity contribution >= 4 is 82.9 Å². The van der Waals surface area contributed by atoms with E-state index in [0.29, 0.717) is 41.6 Å². The molecule has 0 spiro atoms. The van der Waals surface area contributed by atoms with Gasteiger partial charge in [-0.25, -0.2) is 4.79 Å². The third-order valence-electron chi connectivity index (χ3n) is 22.5. The topological polar surface area (TPSA) is 378 Å². The number of hydrogen-bond acceptors (Lipinski definition) is 24. The summed E-state index contributed by atoms with van der Waals surface area (Å²) in [6.45, 7) is 8.69. The Kier molecular flexibility index (Phi) is 28.4. The van der Waals surface area contributed by atoms with Crippen LogP contribution in [0.25, 0.3) is 17.5 Å². The first-order valence-electron chi connectivity index (χ1n) is 39.5. The molecule has 10 aliphatic rings. The van der Waals surface area contributed by atoms with E-state index in [0.717, 1.165) is 57.3 Å². The lowest BCUT2D eigenvalue weighted by atomic mass is 9.86. The van der Waals surface area contributed by atoms with E-state index in [-0.39, 0.29) is 147 Å². The smallest absolute Gasteiger partial charge is 0.315 e. The van der Waals surface area contributed by atoms with Crippen molar-refractivity contribution in [3.8, 4) is 11.4 Å². The zero-order chi connectivity index (χ0) is 79.9. The van der Waals surface area contributed by atoms with Gasteiger partial charge in [0.15, 0.2) is 0 Å². The second kappa shape index (κ2) is 39.1. The molecule has 10 aliphatic heterocycles. The molecule has 10 saturated heterocycles. The lowest BCUT2D eigenvalue weighted by molar-refractivity contribution is -0.145. The van der Waals surface area contributed by atoms with E-state index in [2.05, 4.69) is 37.8 Å². The number of carbonyl (C=O) groups is 11. The number of ether oxygens (including phenoxy) is 9. The van der Waals surface area contributed by atoms with Crippen LogP contribution in [0.2, 0.25) is 0 Å². The van der Waals surface area contributed by atoms with Gasteiger partial charge in [0.05, 0.1) is 212 Å². The molecule has 3 aromatic rings. The van der Waals surface area contributed by atoms with E-state index in [9.17, 15) is 57.8 Å². The molecule has 31 nitrogen and oxygen atoms in total. The number of aromatic nitrogens is 2. The molecule has 19 atom stereocenters. The third-order valence-corrected chi connectivity index (χ3v) is 24.0. The number of benzene rings is 1. The van der Waals surface area contributed by atoms with Crippen LogP contribution in [-0.4, -0.2) is 284 Å². The van der Waals surface area contributed by atoms with Crippen molar-refractivity contribution in [3.63, 3.8) is 0 Å². The van der Waals surface area contributed by atoms with E-state index in [1.807, 2.05) is 74.1 Å². The first kappa shape index (κ1) is 82.9. The largest absolute Gasteiger partial charge is 0.394 e. The standard InChI is InChI=1S/C82H100N10O21S/c1-4-6-30-89-75(97)66-55(17-16-49-12-8-7-9-13-49)111-57(67(66)76(89)98)20-21-59-70-71(81(103)92(80(70)102)33-39-109-44-42-106-36-29-86-73(95)50-25-27-84-52(46-50)51-45-48(3)24-26-83-51)61(113-59)23-22-60-69-68(78(100)91(79(69)101)31-37-107-40-34-93)58(112-60)19-18-56-65-64(54(5-2)110-56)74(96)90(77(65)99)32-38-108-43-41-105-35-28-85-63(94)15-11-10-14-62-72-53(47-114-62)87-82(104)88-72/h5,7-9,12-13,16-27,45-46,53-62,64-72,93H,2,4,6,10-11,14-15,28-44,47H2,1,3H3,(H,85,94)(H,86,95)(H2,87,88,104)/b17-16+,19-18-,21-20-,23-22?. The Morgan fingerprint density at radius 3 is 1.45 bits per heavy atom. The van der Waals surface area contributed by atoms with Gasteiger partial charge in [0.2, 0.25) is 53.2 Å². The quantitative estimate of drug-likeness (QED) is 0.0235. The molecule has 10 fully saturated rings. The average molecular weight is 1590 g/mol. The molecule has 12 heterocycles. The zero-order valence-electron chi connectivity index (χ0n) is 63.9. The van der Waals surface area contributed by atoms with E-state index in [1.165, 1.54) is 11.0 Å². The van der Waals surface area contributed by atoms with Crippen LogP contribution in [0.3, 0.4) is 0 Å². The number of rotatable bonds is 42. The van der Waals surface area contributed by atoms with Crippen LogP contribution in [0.5, 0.6) is 0 Å². The number of amides is 12. The Morgan fingerprint density at radius 1 is 0.526 bits per heavy atom. The van der Waals surface area contributed by atoms with Crippen molar-refractivity contribution in [2.75, 3.05) is 118 Å². The van der Waals surface area contributed by atoms with E-state index in [4.69, 9.17) is 42.6 Å². The van der Waals surface area contributed by atoms with Crippen LogP contribution in [0.15, 0.2) is 122 Å². The number of aliphatic hydroxyl groups is 1. The van der Waals surface area contributed by atoms with Crippen molar-refractivity contribution < 1.29 is 100 Å². The molecule has 13 rings (SSSR count). The second-order valence-corrected chi connectivity index (χ2v) is 31.0. The first-order chi connectivity index (χ1) is 55.5. The number of imide groups is 4. The SMILES string of the molecule is C=CC1OC(/C=C\C2OC(C=CC3OC(/C=C\C4OC(/C=C/c5ccccc5)C5C(=O)N(CCCC)C(=O)C45)C4C(=O)N(CCOCCOCCNC(=O)c5ccnc(-c6cc(C)ccn6)c5)C(=O)C34)C3C(=O)N(CCOCCO)C(=O)C23)C2C(=O)N(CCOCCOCCNC(=O)CCCCC3SCC4NC(=O)NC43)C(=O)C12. The highest BCUT2D eigenvalue weighted by atomic mass is 32.2. The van der Waals surface area contributed by atoms with Gasteiger partial charge in [0.1, 0.15) is 0 Å². The predicted molar refractivity (Wildman–Crippen MR) is 410 cm³/mol. The Balaban J connectivity index is 0.648. The molecule has 12 amide bonds. The van der Waals surface area contributed by atoms with Crippen molar-refractivity contribution in [3.05, 3.63) is 139 Å². The summed E-state index contributed by atoms with van der Waals surface area (Å²) in [4.78, 5) is 166. The normalized spacial score (nSPS) is 30.2. The number of unbranched alkanes of at least 4 members (excludes halogenated alkanes) is 2. The van der Waals surface area contributed by atoms with Gasteiger partial charge in [-0.05, 0) is 61.6 Å². The number of hydrogen-bond donors (Lipinski definition) is 5. The van der Waals surface area contributed by atoms with Crippen LogP contribution in [0, 0.1) is 54.3 Å². The number of likely N-dealkylation sites (tertiary alicyclic amines) is 4. The van der Waals surface area contributed by atoms with Gasteiger partial charge in [0.25, 0.3) is 5.91 Å². The molecule has 32 heteroatoms. The minimum absolute atomic E-state index is 0.0107. The number of pyridine rings is 2. The minimum Gasteiger partial charge on any atom is -0.394 e. The number of aliphatic hydroxyl groups excluding tert-OH is 1. The van der Waals surface area contributed by atoms with Gasteiger partial charge in [-0.2, -0.15) is 11.8 Å². The Morgan fingerprint density at radius 2 is 0.965 bits per heavy atom. The number of carbonyl (C=O) groups excluding carboxylic acids is 11. The molecule has 0 aliphatic carbocycles. The van der Waals surface area contributed by atoms with Gasteiger partial charge < -0.3 is 69.0 Å². The molecule has 0 radical (unpaired) electrons. The zero-order valence-corrected chi connectivity index (χ0v) is 64.7. The van der Waals surface area contributed by atoms with Crippen molar-refractivity contribution in [1.82, 2.24) is 50.8 Å². The van der Waals surface area contributed by atoms with Crippen molar-refractivity contribution in [2.45, 2.75) is 119 Å². The fraction of sp³-hybridized carbons (Fsp3) is 0.549. The molecular formula is C82H100N10O21S. The summed E-state index contributed by atoms with van der Waals surface area (Å²) in [5.74, 6) is -11.7. The van der Waals surface area contributed by atoms with Crippen molar-refractivity contribution in [1.29, 1.82) is 0 Å². The average Bonchev–Trinajstić information content (AvgIpc) is 1.59. The number of nitrogens with zero attached hydrogens (tertiary/aromatic N) is 6.